The number of carbonyl (C=O) groups is 1. The molecule has 2 atom stereocenters. The number of hydrogen-bond acceptors (Lipinski definition) is 4. The molecule has 2 aromatic rings. The third-order valence-corrected chi connectivity index (χ3v) is 5.97. The highest BCUT2D eigenvalue weighted by Crippen LogP contribution is 2.38. The summed E-state index contributed by atoms with van der Waals surface area (Å²) in [6.07, 6.45) is 1.59. The first-order chi connectivity index (χ1) is 11.3. The molecule has 0 spiro atoms. The highest BCUT2D eigenvalue weighted by molar-refractivity contribution is 7.89. The van der Waals surface area contributed by atoms with Gasteiger partial charge < -0.3 is 5.11 Å². The summed E-state index contributed by atoms with van der Waals surface area (Å²) in [5.74, 6) is -1.51. The molecule has 7 nitrogen and oxygen atoms in total. The van der Waals surface area contributed by atoms with Crippen molar-refractivity contribution in [1.82, 2.24) is 14.1 Å². The maximum atomic E-state index is 12.7. The van der Waals surface area contributed by atoms with Crippen LogP contribution in [0.5, 0.6) is 0 Å². The number of carboxylic acid groups (broad SMARTS) is 1. The van der Waals surface area contributed by atoms with E-state index >= 15 is 0 Å². The second-order valence-corrected chi connectivity index (χ2v) is 7.94. The highest BCUT2D eigenvalue weighted by Gasteiger charge is 2.51. The number of sulfonamides is 1. The number of aromatic nitrogens is 2. The Bertz CT molecular complexity index is 845. The monoisotopic (exact) mass is 349 g/mol. The van der Waals surface area contributed by atoms with Gasteiger partial charge >= 0.3 is 5.97 Å². The Hall–Kier alpha value is -2.19. The van der Waals surface area contributed by atoms with Crippen LogP contribution in [0.3, 0.4) is 0 Å². The SMILES string of the molecule is CC(C)n1ccc(S(=O)(=O)N2C[C@H](c3ccccc3)[C@H]2C(=O)O)n1. The minimum absolute atomic E-state index is 0.0256. The number of aliphatic carboxylic acids is 1. The smallest absolute Gasteiger partial charge is 0.322 e. The summed E-state index contributed by atoms with van der Waals surface area (Å²) in [6.45, 7) is 3.91. The molecule has 128 valence electrons. The first kappa shape index (κ1) is 16.7. The van der Waals surface area contributed by atoms with E-state index in [2.05, 4.69) is 5.10 Å². The third kappa shape index (κ3) is 2.71. The van der Waals surface area contributed by atoms with Gasteiger partial charge in [-0.05, 0) is 25.5 Å². The fraction of sp³-hybridized carbons (Fsp3) is 0.375. The van der Waals surface area contributed by atoms with Gasteiger partial charge in [0.05, 0.1) is 0 Å². The van der Waals surface area contributed by atoms with Crippen LogP contribution >= 0.6 is 0 Å². The maximum Gasteiger partial charge on any atom is 0.322 e. The fourth-order valence-corrected chi connectivity index (χ4v) is 4.43. The Kier molecular flexibility index (Phi) is 4.18. The normalized spacial score (nSPS) is 21.6. The van der Waals surface area contributed by atoms with E-state index in [0.717, 1.165) is 9.87 Å². The van der Waals surface area contributed by atoms with Crippen LogP contribution < -0.4 is 0 Å². The van der Waals surface area contributed by atoms with E-state index < -0.39 is 22.0 Å². The molecule has 1 aliphatic rings. The predicted octanol–water partition coefficient (Wildman–Crippen LogP) is 1.71. The van der Waals surface area contributed by atoms with Crippen molar-refractivity contribution in [1.29, 1.82) is 0 Å². The van der Waals surface area contributed by atoms with E-state index in [-0.39, 0.29) is 23.5 Å². The second-order valence-electron chi connectivity index (χ2n) is 6.10. The van der Waals surface area contributed by atoms with Crippen LogP contribution in [0.25, 0.3) is 0 Å². The first-order valence-electron chi connectivity index (χ1n) is 7.67. The standard InChI is InChI=1S/C16H19N3O4S/c1-11(2)18-9-8-14(17-18)24(22,23)19-10-13(15(19)16(20)21)12-6-4-3-5-7-12/h3-9,11,13,15H,10H2,1-2H3,(H,20,21)/t13-,15+/m1/s1. The van der Waals surface area contributed by atoms with Gasteiger partial charge in [0.15, 0.2) is 5.03 Å². The fourth-order valence-electron chi connectivity index (χ4n) is 2.87. The van der Waals surface area contributed by atoms with Crippen LogP contribution in [-0.2, 0) is 14.8 Å². The number of rotatable bonds is 5. The molecule has 0 bridgehead atoms. The molecule has 8 heteroatoms. The summed E-state index contributed by atoms with van der Waals surface area (Å²) < 4.78 is 28.0. The van der Waals surface area contributed by atoms with Crippen LogP contribution in [-0.4, -0.2) is 46.2 Å². The maximum absolute atomic E-state index is 12.7. The first-order valence-corrected chi connectivity index (χ1v) is 9.11. The minimum Gasteiger partial charge on any atom is -0.480 e. The molecule has 0 aliphatic carbocycles. The van der Waals surface area contributed by atoms with Crippen molar-refractivity contribution < 1.29 is 18.3 Å². The highest BCUT2D eigenvalue weighted by atomic mass is 32.2. The molecule has 3 rings (SSSR count). The number of nitrogens with zero attached hydrogens (tertiary/aromatic N) is 3. The van der Waals surface area contributed by atoms with Crippen LogP contribution in [0.15, 0.2) is 47.6 Å². The van der Waals surface area contributed by atoms with Crippen LogP contribution in [0, 0.1) is 0 Å². The van der Waals surface area contributed by atoms with Crippen molar-refractivity contribution in [3.8, 4) is 0 Å². The average Bonchev–Trinajstić information content (AvgIpc) is 2.97. The Balaban J connectivity index is 1.90. The second kappa shape index (κ2) is 6.03. The zero-order chi connectivity index (χ0) is 17.5. The van der Waals surface area contributed by atoms with Crippen molar-refractivity contribution in [2.24, 2.45) is 0 Å². The van der Waals surface area contributed by atoms with Gasteiger partial charge in [-0.3, -0.25) is 9.48 Å². The van der Waals surface area contributed by atoms with Crippen LogP contribution in [0.2, 0.25) is 0 Å². The van der Waals surface area contributed by atoms with Gasteiger partial charge in [0.25, 0.3) is 10.0 Å². The van der Waals surface area contributed by atoms with E-state index in [1.165, 1.54) is 10.7 Å². The predicted molar refractivity (Wildman–Crippen MR) is 87.1 cm³/mol. The topological polar surface area (TPSA) is 92.5 Å². The van der Waals surface area contributed by atoms with Crippen molar-refractivity contribution >= 4 is 16.0 Å². The van der Waals surface area contributed by atoms with Crippen molar-refractivity contribution in [2.45, 2.75) is 36.9 Å². The average molecular weight is 349 g/mol. The quantitative estimate of drug-likeness (QED) is 0.887. The van der Waals surface area contributed by atoms with Crippen molar-refractivity contribution in [2.75, 3.05) is 6.54 Å². The van der Waals surface area contributed by atoms with Crippen molar-refractivity contribution in [3.63, 3.8) is 0 Å². The summed E-state index contributed by atoms with van der Waals surface area (Å²) >= 11 is 0. The lowest BCUT2D eigenvalue weighted by molar-refractivity contribution is -0.146. The molecular weight excluding hydrogens is 330 g/mol. The van der Waals surface area contributed by atoms with Gasteiger partial charge in [0, 0.05) is 24.7 Å². The molecule has 0 radical (unpaired) electrons. The van der Waals surface area contributed by atoms with E-state index in [1.54, 1.807) is 6.20 Å². The molecule has 0 amide bonds. The molecule has 0 saturated carbocycles. The molecule has 2 heterocycles. The number of carboxylic acids is 1. The zero-order valence-corrected chi connectivity index (χ0v) is 14.2. The van der Waals surface area contributed by atoms with E-state index in [4.69, 9.17) is 0 Å². The summed E-state index contributed by atoms with van der Waals surface area (Å²) in [6, 6.07) is 9.43. The lowest BCUT2D eigenvalue weighted by Crippen LogP contribution is -2.60. The molecule has 24 heavy (non-hydrogen) atoms. The van der Waals surface area contributed by atoms with Gasteiger partial charge in [-0.25, -0.2) is 8.42 Å². The van der Waals surface area contributed by atoms with E-state index in [9.17, 15) is 18.3 Å². The Morgan fingerprint density at radius 2 is 1.92 bits per heavy atom. The molecule has 1 fully saturated rings. The van der Waals surface area contributed by atoms with Gasteiger partial charge in [0.2, 0.25) is 0 Å². The van der Waals surface area contributed by atoms with Gasteiger partial charge in [0.1, 0.15) is 6.04 Å². The molecule has 1 aromatic carbocycles. The minimum atomic E-state index is -3.93. The van der Waals surface area contributed by atoms with Gasteiger partial charge in [-0.2, -0.15) is 9.40 Å². The molecule has 1 aromatic heterocycles. The number of hydrogen-bond donors (Lipinski definition) is 1. The largest absolute Gasteiger partial charge is 0.480 e. The Labute approximate surface area is 140 Å². The number of benzene rings is 1. The lowest BCUT2D eigenvalue weighted by atomic mass is 9.85. The summed E-state index contributed by atoms with van der Waals surface area (Å²) in [7, 11) is -3.93. The van der Waals surface area contributed by atoms with Gasteiger partial charge in [-0.15, -0.1) is 0 Å². The lowest BCUT2D eigenvalue weighted by Gasteiger charge is -2.43. The third-order valence-electron chi connectivity index (χ3n) is 4.23. The molecule has 1 aliphatic heterocycles. The van der Waals surface area contributed by atoms with E-state index in [1.807, 2.05) is 44.2 Å². The Morgan fingerprint density at radius 3 is 2.46 bits per heavy atom. The molecular formula is C16H19N3O4S. The summed E-state index contributed by atoms with van der Waals surface area (Å²) in [5.41, 5.74) is 0.823. The van der Waals surface area contributed by atoms with E-state index in [0.29, 0.717) is 0 Å². The van der Waals surface area contributed by atoms with Crippen molar-refractivity contribution in [3.05, 3.63) is 48.2 Å². The summed E-state index contributed by atoms with van der Waals surface area (Å²) in [4.78, 5) is 11.6. The Morgan fingerprint density at radius 1 is 1.25 bits per heavy atom. The molecule has 0 unspecified atom stereocenters. The summed E-state index contributed by atoms with van der Waals surface area (Å²) in [5, 5.41) is 13.5. The van der Waals surface area contributed by atoms with Gasteiger partial charge in [-0.1, -0.05) is 30.3 Å². The molecule has 1 N–H and O–H groups in total. The van der Waals surface area contributed by atoms with Crippen LogP contribution in [0.1, 0.15) is 31.4 Å². The zero-order valence-electron chi connectivity index (χ0n) is 13.4. The molecule has 1 saturated heterocycles. The van der Waals surface area contributed by atoms with Crippen LogP contribution in [0.4, 0.5) is 0 Å².